The van der Waals surface area contributed by atoms with E-state index in [1.165, 1.54) is 6.20 Å². The summed E-state index contributed by atoms with van der Waals surface area (Å²) in [6.45, 7) is 8.12. The standard InChI is InChI=1S/C21H22N4O2/c1-12-6-5-7-16(13(12)2)24-20(27)15-11-23-25-17-8-21(3,4)9-18(26)14(17)10-22-19(15)25/h5-7,10-11H,8-9H2,1-4H3,(H,24,27). The molecular formula is C21H22N4O2. The van der Waals surface area contributed by atoms with Crippen molar-refractivity contribution in [3.05, 3.63) is 58.5 Å². The highest BCUT2D eigenvalue weighted by Crippen LogP contribution is 2.34. The SMILES string of the molecule is Cc1cccc(NC(=O)c2cnn3c4c(cnc23)C(=O)CC(C)(C)C4)c1C. The Morgan fingerprint density at radius 2 is 1.96 bits per heavy atom. The van der Waals surface area contributed by atoms with E-state index in [2.05, 4.69) is 29.2 Å². The molecule has 3 aromatic rings. The maximum atomic E-state index is 12.8. The first-order valence-electron chi connectivity index (χ1n) is 9.03. The van der Waals surface area contributed by atoms with Gasteiger partial charge in [-0.2, -0.15) is 5.10 Å². The highest BCUT2D eigenvalue weighted by atomic mass is 16.1. The van der Waals surface area contributed by atoms with Gasteiger partial charge in [0, 0.05) is 18.3 Å². The lowest BCUT2D eigenvalue weighted by Crippen LogP contribution is -2.29. The molecule has 0 atom stereocenters. The van der Waals surface area contributed by atoms with Crippen LogP contribution in [0.3, 0.4) is 0 Å². The average molecular weight is 362 g/mol. The van der Waals surface area contributed by atoms with E-state index in [1.807, 2.05) is 32.0 Å². The number of hydrogen-bond donors (Lipinski definition) is 1. The molecule has 138 valence electrons. The fourth-order valence-corrected chi connectivity index (χ4v) is 3.66. The van der Waals surface area contributed by atoms with Gasteiger partial charge in [0.05, 0.1) is 17.5 Å². The van der Waals surface area contributed by atoms with Crippen molar-refractivity contribution < 1.29 is 9.59 Å². The fourth-order valence-electron chi connectivity index (χ4n) is 3.66. The largest absolute Gasteiger partial charge is 0.322 e. The van der Waals surface area contributed by atoms with Crippen LogP contribution in [0.15, 0.2) is 30.6 Å². The molecule has 1 aliphatic rings. The third-order valence-corrected chi connectivity index (χ3v) is 5.31. The first kappa shape index (κ1) is 17.4. The van der Waals surface area contributed by atoms with Crippen LogP contribution in [0.1, 0.15) is 57.8 Å². The lowest BCUT2D eigenvalue weighted by Gasteiger charge is -2.29. The zero-order valence-corrected chi connectivity index (χ0v) is 16.0. The van der Waals surface area contributed by atoms with Crippen LogP contribution in [0.4, 0.5) is 5.69 Å². The molecule has 0 saturated heterocycles. The molecule has 6 heteroatoms. The predicted molar refractivity (Wildman–Crippen MR) is 103 cm³/mol. The lowest BCUT2D eigenvalue weighted by molar-refractivity contribution is 0.0908. The number of carbonyl (C=O) groups is 2. The second-order valence-corrected chi connectivity index (χ2v) is 8.05. The second kappa shape index (κ2) is 6.01. The molecule has 1 amide bonds. The molecule has 0 spiro atoms. The number of rotatable bonds is 2. The number of aromatic nitrogens is 3. The Bertz CT molecular complexity index is 1090. The number of nitrogens with zero attached hydrogens (tertiary/aromatic N) is 3. The fraction of sp³-hybridized carbons (Fsp3) is 0.333. The highest BCUT2D eigenvalue weighted by Gasteiger charge is 2.33. The van der Waals surface area contributed by atoms with Crippen molar-refractivity contribution in [1.29, 1.82) is 0 Å². The number of benzene rings is 1. The van der Waals surface area contributed by atoms with E-state index in [1.54, 1.807) is 10.7 Å². The van der Waals surface area contributed by atoms with Crippen LogP contribution in [0.25, 0.3) is 5.65 Å². The maximum absolute atomic E-state index is 12.8. The monoisotopic (exact) mass is 362 g/mol. The van der Waals surface area contributed by atoms with Gasteiger partial charge in [-0.25, -0.2) is 9.50 Å². The Morgan fingerprint density at radius 3 is 2.74 bits per heavy atom. The van der Waals surface area contributed by atoms with Gasteiger partial charge in [0.15, 0.2) is 11.4 Å². The summed E-state index contributed by atoms with van der Waals surface area (Å²) < 4.78 is 1.64. The summed E-state index contributed by atoms with van der Waals surface area (Å²) in [4.78, 5) is 29.7. The van der Waals surface area contributed by atoms with E-state index in [4.69, 9.17) is 0 Å². The Labute approximate surface area is 157 Å². The van der Waals surface area contributed by atoms with Gasteiger partial charge in [0.2, 0.25) is 0 Å². The predicted octanol–water partition coefficient (Wildman–Crippen LogP) is 3.75. The summed E-state index contributed by atoms with van der Waals surface area (Å²) in [6.07, 6.45) is 4.31. The zero-order chi connectivity index (χ0) is 19.3. The molecule has 0 bridgehead atoms. The zero-order valence-electron chi connectivity index (χ0n) is 16.0. The van der Waals surface area contributed by atoms with Crippen LogP contribution in [0.5, 0.6) is 0 Å². The van der Waals surface area contributed by atoms with Crippen LogP contribution in [-0.4, -0.2) is 26.3 Å². The molecule has 2 aromatic heterocycles. The van der Waals surface area contributed by atoms with Gasteiger partial charge in [0.25, 0.3) is 5.91 Å². The van der Waals surface area contributed by atoms with E-state index in [9.17, 15) is 9.59 Å². The third-order valence-electron chi connectivity index (χ3n) is 5.31. The van der Waals surface area contributed by atoms with Crippen molar-refractivity contribution in [3.63, 3.8) is 0 Å². The van der Waals surface area contributed by atoms with Gasteiger partial charge >= 0.3 is 0 Å². The molecule has 2 heterocycles. The van der Waals surface area contributed by atoms with Gasteiger partial charge in [-0.1, -0.05) is 26.0 Å². The summed E-state index contributed by atoms with van der Waals surface area (Å²) in [6, 6.07) is 5.80. The van der Waals surface area contributed by atoms with Crippen molar-refractivity contribution in [2.24, 2.45) is 5.41 Å². The summed E-state index contributed by atoms with van der Waals surface area (Å²) in [5.41, 5.74) is 5.08. The van der Waals surface area contributed by atoms with E-state index in [-0.39, 0.29) is 17.1 Å². The first-order valence-corrected chi connectivity index (χ1v) is 9.03. The summed E-state index contributed by atoms with van der Waals surface area (Å²) in [5.74, 6) is -0.180. The maximum Gasteiger partial charge on any atom is 0.261 e. The minimum absolute atomic E-state index is 0.0764. The van der Waals surface area contributed by atoms with E-state index < -0.39 is 0 Å². The molecule has 1 N–H and O–H groups in total. The van der Waals surface area contributed by atoms with Gasteiger partial charge in [0.1, 0.15) is 5.56 Å². The molecule has 1 aliphatic carbocycles. The minimum atomic E-state index is -0.257. The van der Waals surface area contributed by atoms with Crippen molar-refractivity contribution >= 4 is 23.0 Å². The highest BCUT2D eigenvalue weighted by molar-refractivity contribution is 6.08. The number of anilines is 1. The first-order chi connectivity index (χ1) is 12.8. The molecule has 27 heavy (non-hydrogen) atoms. The smallest absolute Gasteiger partial charge is 0.261 e. The summed E-state index contributed by atoms with van der Waals surface area (Å²) >= 11 is 0. The van der Waals surface area contributed by atoms with E-state index in [0.717, 1.165) is 22.5 Å². The van der Waals surface area contributed by atoms with Gasteiger partial charge in [-0.15, -0.1) is 0 Å². The van der Waals surface area contributed by atoms with Gasteiger partial charge < -0.3 is 5.32 Å². The number of Topliss-reactive ketones (excluding diaryl/α,β-unsaturated/α-hetero) is 1. The Hall–Kier alpha value is -3.02. The molecule has 4 rings (SSSR count). The summed E-state index contributed by atoms with van der Waals surface area (Å²) in [7, 11) is 0. The van der Waals surface area contributed by atoms with Crippen LogP contribution < -0.4 is 5.32 Å². The van der Waals surface area contributed by atoms with Crippen LogP contribution in [0.2, 0.25) is 0 Å². The molecule has 0 unspecified atom stereocenters. The molecule has 6 nitrogen and oxygen atoms in total. The average Bonchev–Trinajstić information content (AvgIpc) is 3.02. The van der Waals surface area contributed by atoms with Crippen molar-refractivity contribution in [3.8, 4) is 0 Å². The van der Waals surface area contributed by atoms with Crippen LogP contribution in [0, 0.1) is 19.3 Å². The van der Waals surface area contributed by atoms with Crippen molar-refractivity contribution in [1.82, 2.24) is 14.6 Å². The lowest BCUT2D eigenvalue weighted by atomic mass is 9.76. The number of carbonyl (C=O) groups excluding carboxylic acids is 2. The van der Waals surface area contributed by atoms with Crippen LogP contribution >= 0.6 is 0 Å². The van der Waals surface area contributed by atoms with Crippen molar-refractivity contribution in [2.75, 3.05) is 5.32 Å². The Kier molecular flexibility index (Phi) is 3.87. The molecule has 0 aliphatic heterocycles. The molecule has 1 aromatic carbocycles. The van der Waals surface area contributed by atoms with E-state index in [0.29, 0.717) is 29.6 Å². The number of nitrogens with one attached hydrogen (secondary N) is 1. The number of ketones is 1. The topological polar surface area (TPSA) is 76.4 Å². The normalized spacial score (nSPS) is 15.6. The van der Waals surface area contributed by atoms with Gasteiger partial charge in [-0.3, -0.25) is 9.59 Å². The van der Waals surface area contributed by atoms with Crippen LogP contribution in [-0.2, 0) is 6.42 Å². The Balaban J connectivity index is 1.75. The number of hydrogen-bond acceptors (Lipinski definition) is 4. The molecular weight excluding hydrogens is 340 g/mol. The quantitative estimate of drug-likeness (QED) is 0.753. The minimum Gasteiger partial charge on any atom is -0.322 e. The Morgan fingerprint density at radius 1 is 1.19 bits per heavy atom. The number of fused-ring (bicyclic) bond motifs is 3. The van der Waals surface area contributed by atoms with Gasteiger partial charge in [-0.05, 0) is 42.9 Å². The number of aryl methyl sites for hydroxylation is 1. The summed E-state index contributed by atoms with van der Waals surface area (Å²) in [5, 5.41) is 7.33. The number of amides is 1. The van der Waals surface area contributed by atoms with E-state index >= 15 is 0 Å². The second-order valence-electron chi connectivity index (χ2n) is 8.05. The molecule has 0 radical (unpaired) electrons. The van der Waals surface area contributed by atoms with Crippen molar-refractivity contribution in [2.45, 2.75) is 40.5 Å². The third kappa shape index (κ3) is 2.91. The molecule has 0 fully saturated rings. The molecule has 0 saturated carbocycles.